The van der Waals surface area contributed by atoms with E-state index in [0.29, 0.717) is 24.8 Å². The molecule has 0 fully saturated rings. The molecule has 1 heterocycles. The molecule has 0 saturated heterocycles. The summed E-state index contributed by atoms with van der Waals surface area (Å²) in [5, 5.41) is 0.620. The van der Waals surface area contributed by atoms with Crippen LogP contribution in [0.3, 0.4) is 0 Å². The number of thiazole rings is 1. The molecule has 3 rings (SSSR count). The number of carbonyl (C=O) groups is 1. The number of carbonyl (C=O) groups excluding carboxylic acids is 1. The first-order chi connectivity index (χ1) is 13.6. The lowest BCUT2D eigenvalue weighted by atomic mass is 10.2. The summed E-state index contributed by atoms with van der Waals surface area (Å²) in [7, 11) is 0. The molecule has 0 aliphatic rings. The first-order valence-corrected chi connectivity index (χ1v) is 10.1. The van der Waals surface area contributed by atoms with Gasteiger partial charge in [0.2, 0.25) is 0 Å². The quantitative estimate of drug-likeness (QED) is 0.362. The van der Waals surface area contributed by atoms with Crippen molar-refractivity contribution in [3.05, 3.63) is 61.2 Å². The molecular formula is C22H24N2O3S. The molecule has 28 heavy (non-hydrogen) atoms. The van der Waals surface area contributed by atoms with E-state index in [-0.39, 0.29) is 5.91 Å². The number of ether oxygens (including phenoxy) is 2. The van der Waals surface area contributed by atoms with Crippen molar-refractivity contribution < 1.29 is 14.3 Å². The van der Waals surface area contributed by atoms with Crippen LogP contribution in [-0.2, 0) is 9.53 Å². The van der Waals surface area contributed by atoms with Gasteiger partial charge in [0.05, 0.1) is 29.1 Å². The highest BCUT2D eigenvalue weighted by molar-refractivity contribution is 7.22. The lowest BCUT2D eigenvalue weighted by Gasteiger charge is -2.24. The number of nitrogens with zero attached hydrogens (tertiary/aromatic N) is 2. The van der Waals surface area contributed by atoms with Crippen molar-refractivity contribution in [2.75, 3.05) is 18.1 Å². The molecule has 1 atom stereocenters. The van der Waals surface area contributed by atoms with E-state index in [2.05, 4.69) is 11.6 Å². The van der Waals surface area contributed by atoms with Gasteiger partial charge in [-0.2, -0.15) is 0 Å². The van der Waals surface area contributed by atoms with Crippen LogP contribution in [0.2, 0.25) is 0 Å². The number of rotatable bonds is 9. The van der Waals surface area contributed by atoms with Crippen molar-refractivity contribution in [3.8, 4) is 5.75 Å². The second kappa shape index (κ2) is 9.48. The Balaban J connectivity index is 1.95. The third kappa shape index (κ3) is 4.58. The third-order valence-corrected chi connectivity index (χ3v) is 5.16. The Morgan fingerprint density at radius 1 is 1.25 bits per heavy atom. The van der Waals surface area contributed by atoms with Gasteiger partial charge < -0.3 is 9.47 Å². The minimum absolute atomic E-state index is 0.160. The number of para-hydroxylation sites is 1. The average Bonchev–Trinajstić information content (AvgIpc) is 3.13. The van der Waals surface area contributed by atoms with Crippen LogP contribution in [0.25, 0.3) is 10.2 Å². The zero-order valence-corrected chi connectivity index (χ0v) is 16.9. The summed E-state index contributed by atoms with van der Waals surface area (Å²) in [4.78, 5) is 19.5. The lowest BCUT2D eigenvalue weighted by Crippen LogP contribution is -2.36. The maximum absolute atomic E-state index is 13.2. The Kier molecular flexibility index (Phi) is 6.79. The van der Waals surface area contributed by atoms with Gasteiger partial charge in [0.1, 0.15) is 11.9 Å². The molecule has 0 N–H and O–H groups in total. The highest BCUT2D eigenvalue weighted by Gasteiger charge is 2.27. The Hall–Kier alpha value is -2.70. The zero-order chi connectivity index (χ0) is 19.9. The third-order valence-electron chi connectivity index (χ3n) is 4.14. The van der Waals surface area contributed by atoms with Gasteiger partial charge in [-0.3, -0.25) is 9.69 Å². The van der Waals surface area contributed by atoms with E-state index in [1.807, 2.05) is 55.5 Å². The molecule has 0 aliphatic heterocycles. The standard InChI is InChI=1S/C22H24N2O3S/c1-4-6-15-27-16(3)21(25)24(17-11-13-18(14-12-17)26-5-2)22-23-19-9-7-8-10-20(19)28-22/h4,7-14,16H,1,5-6,15H2,2-3H3. The first kappa shape index (κ1) is 20.0. The molecule has 0 aliphatic carbocycles. The van der Waals surface area contributed by atoms with Crippen molar-refractivity contribution in [1.82, 2.24) is 4.98 Å². The number of fused-ring (bicyclic) bond motifs is 1. The molecule has 1 unspecified atom stereocenters. The molecule has 0 bridgehead atoms. The predicted molar refractivity (Wildman–Crippen MR) is 115 cm³/mol. The van der Waals surface area contributed by atoms with Gasteiger partial charge in [0, 0.05) is 0 Å². The summed E-state index contributed by atoms with van der Waals surface area (Å²) < 4.78 is 12.2. The van der Waals surface area contributed by atoms with Crippen molar-refractivity contribution >= 4 is 38.3 Å². The summed E-state index contributed by atoms with van der Waals surface area (Å²) in [5.41, 5.74) is 1.60. The van der Waals surface area contributed by atoms with Crippen molar-refractivity contribution in [3.63, 3.8) is 0 Å². The molecule has 0 spiro atoms. The van der Waals surface area contributed by atoms with E-state index < -0.39 is 6.10 Å². The molecule has 1 amide bonds. The SMILES string of the molecule is C=CCCOC(C)C(=O)N(c1ccc(OCC)cc1)c1nc2ccccc2s1. The molecule has 0 radical (unpaired) electrons. The number of hydrogen-bond acceptors (Lipinski definition) is 5. The van der Waals surface area contributed by atoms with Crippen LogP contribution in [0.15, 0.2) is 61.2 Å². The highest BCUT2D eigenvalue weighted by Crippen LogP contribution is 2.34. The fourth-order valence-corrected chi connectivity index (χ4v) is 3.72. The normalized spacial score (nSPS) is 11.9. The summed E-state index contributed by atoms with van der Waals surface area (Å²) in [6.07, 6.45) is 1.87. The van der Waals surface area contributed by atoms with E-state index in [1.54, 1.807) is 17.9 Å². The highest BCUT2D eigenvalue weighted by atomic mass is 32.1. The summed E-state index contributed by atoms with van der Waals surface area (Å²) in [6, 6.07) is 15.3. The summed E-state index contributed by atoms with van der Waals surface area (Å²) >= 11 is 1.48. The van der Waals surface area contributed by atoms with Gasteiger partial charge in [-0.15, -0.1) is 6.58 Å². The topological polar surface area (TPSA) is 51.7 Å². The Morgan fingerprint density at radius 2 is 2.00 bits per heavy atom. The monoisotopic (exact) mass is 396 g/mol. The molecule has 2 aromatic carbocycles. The predicted octanol–water partition coefficient (Wildman–Crippen LogP) is 5.34. The van der Waals surface area contributed by atoms with Crippen LogP contribution in [0.4, 0.5) is 10.8 Å². The lowest BCUT2D eigenvalue weighted by molar-refractivity contribution is -0.128. The van der Waals surface area contributed by atoms with Gasteiger partial charge >= 0.3 is 0 Å². The minimum atomic E-state index is -0.599. The van der Waals surface area contributed by atoms with Gasteiger partial charge in [0.15, 0.2) is 5.13 Å². The van der Waals surface area contributed by atoms with Crippen LogP contribution in [0.1, 0.15) is 20.3 Å². The van der Waals surface area contributed by atoms with Gasteiger partial charge in [0.25, 0.3) is 5.91 Å². The van der Waals surface area contributed by atoms with Gasteiger partial charge in [-0.05, 0) is 56.7 Å². The van der Waals surface area contributed by atoms with E-state index in [9.17, 15) is 4.79 Å². The number of amides is 1. The molecule has 5 nitrogen and oxygen atoms in total. The molecule has 6 heteroatoms. The van der Waals surface area contributed by atoms with Crippen LogP contribution >= 0.6 is 11.3 Å². The molecule has 1 aromatic heterocycles. The summed E-state index contributed by atoms with van der Waals surface area (Å²) in [6.45, 7) is 8.43. The van der Waals surface area contributed by atoms with Crippen LogP contribution < -0.4 is 9.64 Å². The molecule has 0 saturated carbocycles. The second-order valence-electron chi connectivity index (χ2n) is 6.16. The maximum atomic E-state index is 13.2. The molecular weight excluding hydrogens is 372 g/mol. The van der Waals surface area contributed by atoms with Crippen LogP contribution in [0.5, 0.6) is 5.75 Å². The minimum Gasteiger partial charge on any atom is -0.494 e. The van der Waals surface area contributed by atoms with E-state index in [0.717, 1.165) is 21.7 Å². The molecule has 146 valence electrons. The van der Waals surface area contributed by atoms with E-state index in [4.69, 9.17) is 9.47 Å². The fraction of sp³-hybridized carbons (Fsp3) is 0.273. The molecule has 3 aromatic rings. The maximum Gasteiger partial charge on any atom is 0.262 e. The van der Waals surface area contributed by atoms with Gasteiger partial charge in [-0.25, -0.2) is 4.98 Å². The van der Waals surface area contributed by atoms with Gasteiger partial charge in [-0.1, -0.05) is 29.5 Å². The average molecular weight is 397 g/mol. The largest absolute Gasteiger partial charge is 0.494 e. The fourth-order valence-electron chi connectivity index (χ4n) is 2.73. The van der Waals surface area contributed by atoms with Crippen molar-refractivity contribution in [2.45, 2.75) is 26.4 Å². The van der Waals surface area contributed by atoms with E-state index >= 15 is 0 Å². The van der Waals surface area contributed by atoms with Crippen LogP contribution in [0, 0.1) is 0 Å². The summed E-state index contributed by atoms with van der Waals surface area (Å²) in [5.74, 6) is 0.602. The van der Waals surface area contributed by atoms with Crippen molar-refractivity contribution in [2.24, 2.45) is 0 Å². The Labute approximate surface area is 169 Å². The van der Waals surface area contributed by atoms with E-state index in [1.165, 1.54) is 11.3 Å². The Morgan fingerprint density at radius 3 is 2.68 bits per heavy atom. The van der Waals surface area contributed by atoms with Crippen LogP contribution in [-0.4, -0.2) is 30.2 Å². The number of aromatic nitrogens is 1. The number of hydrogen-bond donors (Lipinski definition) is 0. The number of benzene rings is 2. The smallest absolute Gasteiger partial charge is 0.262 e. The Bertz CT molecular complexity index is 903. The second-order valence-corrected chi connectivity index (χ2v) is 7.16. The zero-order valence-electron chi connectivity index (χ0n) is 16.1. The van der Waals surface area contributed by atoms with Crippen molar-refractivity contribution in [1.29, 1.82) is 0 Å². The first-order valence-electron chi connectivity index (χ1n) is 9.29. The number of anilines is 2.